The molecule has 0 atom stereocenters. The van der Waals surface area contributed by atoms with Crippen molar-refractivity contribution in [1.82, 2.24) is 0 Å². The van der Waals surface area contributed by atoms with Crippen molar-refractivity contribution in [2.75, 3.05) is 0 Å². The third-order valence-electron chi connectivity index (χ3n) is 1.46. The molecule has 8 heavy (non-hydrogen) atoms. The van der Waals surface area contributed by atoms with Gasteiger partial charge in [-0.25, -0.2) is 0 Å². The van der Waals surface area contributed by atoms with Gasteiger partial charge in [0.25, 0.3) is 0 Å². The maximum atomic E-state index is 8.81. The van der Waals surface area contributed by atoms with Crippen LogP contribution in [0.3, 0.4) is 0 Å². The van der Waals surface area contributed by atoms with Crippen LogP contribution < -0.4 is 0 Å². The normalized spacial score (nSPS) is 11.4. The first-order valence-corrected chi connectivity index (χ1v) is 3.15. The van der Waals surface area contributed by atoms with Gasteiger partial charge in [-0.15, -0.1) is 0 Å². The summed E-state index contributed by atoms with van der Waals surface area (Å²) < 4.78 is 0. The number of hydrogen-bond donors (Lipinski definition) is 1. The minimum Gasteiger partial charge on any atom is -0.502 e. The zero-order chi connectivity index (χ0) is 6.78. The molecule has 0 bridgehead atoms. The summed E-state index contributed by atoms with van der Waals surface area (Å²) in [5.41, 5.74) is -0.171. The summed E-state index contributed by atoms with van der Waals surface area (Å²) in [7, 11) is 0. The molecule has 0 unspecified atom stereocenters. The SMILES string of the molecule is CCC(C)(C)C(O)=S. The van der Waals surface area contributed by atoms with Crippen molar-refractivity contribution in [1.29, 1.82) is 0 Å². The number of rotatable bonds is 2. The van der Waals surface area contributed by atoms with Crippen LogP contribution in [0.1, 0.15) is 27.2 Å². The van der Waals surface area contributed by atoms with Gasteiger partial charge in [0.1, 0.15) is 0 Å². The fraction of sp³-hybridized carbons (Fsp3) is 0.833. The van der Waals surface area contributed by atoms with Crippen molar-refractivity contribution in [3.05, 3.63) is 0 Å². The highest BCUT2D eigenvalue weighted by molar-refractivity contribution is 7.80. The van der Waals surface area contributed by atoms with E-state index >= 15 is 0 Å². The smallest absolute Gasteiger partial charge is 0.162 e. The van der Waals surface area contributed by atoms with Gasteiger partial charge in [-0.2, -0.15) is 0 Å². The van der Waals surface area contributed by atoms with Crippen molar-refractivity contribution in [2.24, 2.45) is 5.41 Å². The summed E-state index contributed by atoms with van der Waals surface area (Å²) in [6.07, 6.45) is 0.891. The molecule has 1 nitrogen and oxygen atoms in total. The molecule has 2 heteroatoms. The summed E-state index contributed by atoms with van der Waals surface area (Å²) in [4.78, 5) is 0. The van der Waals surface area contributed by atoms with E-state index in [4.69, 9.17) is 5.11 Å². The van der Waals surface area contributed by atoms with E-state index in [1.165, 1.54) is 0 Å². The third kappa shape index (κ3) is 1.78. The summed E-state index contributed by atoms with van der Waals surface area (Å²) in [5, 5.41) is 8.92. The van der Waals surface area contributed by atoms with Crippen LogP contribution in [0.5, 0.6) is 0 Å². The summed E-state index contributed by atoms with van der Waals surface area (Å²) >= 11 is 4.59. The van der Waals surface area contributed by atoms with E-state index in [0.29, 0.717) is 0 Å². The zero-order valence-corrected chi connectivity index (χ0v) is 6.38. The van der Waals surface area contributed by atoms with Gasteiger partial charge in [-0.3, -0.25) is 0 Å². The van der Waals surface area contributed by atoms with Gasteiger partial charge in [0.15, 0.2) is 5.05 Å². The molecule has 0 saturated carbocycles. The molecule has 0 radical (unpaired) electrons. The molecule has 0 aliphatic heterocycles. The summed E-state index contributed by atoms with van der Waals surface area (Å²) in [5.74, 6) is 0. The molecule has 0 aliphatic rings. The number of hydrogen-bond acceptors (Lipinski definition) is 1. The lowest BCUT2D eigenvalue weighted by Gasteiger charge is -2.17. The van der Waals surface area contributed by atoms with Crippen LogP contribution in [0.2, 0.25) is 0 Å². The second-order valence-electron chi connectivity index (χ2n) is 2.54. The lowest BCUT2D eigenvalue weighted by Crippen LogP contribution is -2.20. The highest BCUT2D eigenvalue weighted by Crippen LogP contribution is 2.20. The molecule has 0 heterocycles. The van der Waals surface area contributed by atoms with E-state index in [1.54, 1.807) is 0 Å². The molecular weight excluding hydrogens is 120 g/mol. The first-order chi connectivity index (χ1) is 3.50. The van der Waals surface area contributed by atoms with Crippen LogP contribution >= 0.6 is 12.2 Å². The predicted octanol–water partition coefficient (Wildman–Crippen LogP) is 2.31. The molecular formula is C6H12OS. The van der Waals surface area contributed by atoms with Crippen molar-refractivity contribution >= 4 is 17.3 Å². The topological polar surface area (TPSA) is 20.2 Å². The van der Waals surface area contributed by atoms with Crippen molar-refractivity contribution in [3.63, 3.8) is 0 Å². The zero-order valence-electron chi connectivity index (χ0n) is 5.56. The molecule has 0 fully saturated rings. The monoisotopic (exact) mass is 132 g/mol. The van der Waals surface area contributed by atoms with E-state index in [-0.39, 0.29) is 10.5 Å². The minimum absolute atomic E-state index is 0.111. The number of aliphatic hydroxyl groups excluding tert-OH is 1. The Morgan fingerprint density at radius 2 is 2.00 bits per heavy atom. The lowest BCUT2D eigenvalue weighted by molar-refractivity contribution is 0.403. The third-order valence-corrected chi connectivity index (χ3v) is 2.02. The maximum absolute atomic E-state index is 8.81. The van der Waals surface area contributed by atoms with Crippen LogP contribution in [0.15, 0.2) is 0 Å². The number of aliphatic hydroxyl groups is 1. The molecule has 0 saturated heterocycles. The first kappa shape index (κ1) is 7.89. The van der Waals surface area contributed by atoms with Crippen LogP contribution in [0, 0.1) is 5.41 Å². The molecule has 0 aromatic heterocycles. The standard InChI is InChI=1S/C6H12OS/c1-4-6(2,3)5(7)8/h4H2,1-3H3,(H,7,8). The maximum Gasteiger partial charge on any atom is 0.162 e. The van der Waals surface area contributed by atoms with E-state index in [9.17, 15) is 0 Å². The lowest BCUT2D eigenvalue weighted by atomic mass is 9.92. The van der Waals surface area contributed by atoms with Crippen LogP contribution in [-0.2, 0) is 0 Å². The Bertz CT molecular complexity index is 96.7. The molecule has 0 aromatic carbocycles. The van der Waals surface area contributed by atoms with Gasteiger partial charge in [0, 0.05) is 5.41 Å². The molecule has 0 aliphatic carbocycles. The second-order valence-corrected chi connectivity index (χ2v) is 2.93. The van der Waals surface area contributed by atoms with Gasteiger partial charge < -0.3 is 5.11 Å². The molecule has 0 rings (SSSR count). The van der Waals surface area contributed by atoms with Crippen LogP contribution in [-0.4, -0.2) is 10.2 Å². The Labute approximate surface area is 55.7 Å². The van der Waals surface area contributed by atoms with Gasteiger partial charge >= 0.3 is 0 Å². The van der Waals surface area contributed by atoms with Crippen molar-refractivity contribution < 1.29 is 5.11 Å². The van der Waals surface area contributed by atoms with Crippen LogP contribution in [0.4, 0.5) is 0 Å². The molecule has 48 valence electrons. The van der Waals surface area contributed by atoms with E-state index < -0.39 is 0 Å². The second kappa shape index (κ2) is 2.44. The fourth-order valence-corrected chi connectivity index (χ4v) is 0.296. The number of thiocarbonyl (C=S) groups is 1. The Kier molecular flexibility index (Phi) is 2.41. The summed E-state index contributed by atoms with van der Waals surface area (Å²) in [6.45, 7) is 5.85. The molecule has 0 spiro atoms. The van der Waals surface area contributed by atoms with E-state index in [0.717, 1.165) is 6.42 Å². The Morgan fingerprint density at radius 1 is 1.62 bits per heavy atom. The Morgan fingerprint density at radius 3 is 2.00 bits per heavy atom. The van der Waals surface area contributed by atoms with Gasteiger partial charge in [0.2, 0.25) is 0 Å². The highest BCUT2D eigenvalue weighted by atomic mass is 32.1. The van der Waals surface area contributed by atoms with Gasteiger partial charge in [0.05, 0.1) is 0 Å². The Balaban J connectivity index is 3.91. The van der Waals surface area contributed by atoms with Gasteiger partial charge in [-0.05, 0) is 18.6 Å². The van der Waals surface area contributed by atoms with Crippen molar-refractivity contribution in [2.45, 2.75) is 27.2 Å². The van der Waals surface area contributed by atoms with Crippen LogP contribution in [0.25, 0.3) is 0 Å². The average Bonchev–Trinajstić information content (AvgIpc) is 1.67. The van der Waals surface area contributed by atoms with E-state index in [2.05, 4.69) is 12.2 Å². The highest BCUT2D eigenvalue weighted by Gasteiger charge is 2.19. The van der Waals surface area contributed by atoms with Gasteiger partial charge in [-0.1, -0.05) is 20.8 Å². The Hall–Kier alpha value is -0.110. The average molecular weight is 132 g/mol. The summed E-state index contributed by atoms with van der Waals surface area (Å²) in [6, 6.07) is 0. The van der Waals surface area contributed by atoms with E-state index in [1.807, 2.05) is 20.8 Å². The fourth-order valence-electron chi connectivity index (χ4n) is 0.151. The predicted molar refractivity (Wildman–Crippen MR) is 39.3 cm³/mol. The first-order valence-electron chi connectivity index (χ1n) is 2.74. The quantitative estimate of drug-likeness (QED) is 0.582. The van der Waals surface area contributed by atoms with Crippen molar-refractivity contribution in [3.8, 4) is 0 Å². The largest absolute Gasteiger partial charge is 0.502 e. The minimum atomic E-state index is -0.171. The molecule has 1 N–H and O–H groups in total. The molecule has 0 amide bonds. The molecule has 0 aromatic rings.